The van der Waals surface area contributed by atoms with E-state index in [1.54, 1.807) is 7.11 Å². The van der Waals surface area contributed by atoms with Crippen molar-refractivity contribution in [2.45, 2.75) is 20.0 Å². The van der Waals surface area contributed by atoms with Crippen LogP contribution in [0.5, 0.6) is 0 Å². The van der Waals surface area contributed by atoms with Crippen LogP contribution in [-0.4, -0.2) is 26.3 Å². The second-order valence-electron chi connectivity index (χ2n) is 3.34. The number of hydrogen-bond donors (Lipinski definition) is 1. The second kappa shape index (κ2) is 3.35. The smallest absolute Gasteiger partial charge is 0.0738 e. The lowest BCUT2D eigenvalue weighted by atomic mass is 9.93. The molecule has 0 aromatic carbocycles. The Morgan fingerprint density at radius 1 is 1.40 bits per heavy atom. The number of ether oxygens (including phenoxy) is 1. The number of hydrogen-bond acceptors (Lipinski definition) is 2. The van der Waals surface area contributed by atoms with E-state index >= 15 is 0 Å². The highest BCUT2D eigenvalue weighted by molar-refractivity contribution is 4.83. The molecule has 0 bridgehead atoms. The normalized spacial score (nSPS) is 33.6. The SMILES string of the molecule is CO[C@H]1CNC[C@@H]1C(C)C. The molecule has 0 aliphatic carbocycles. The summed E-state index contributed by atoms with van der Waals surface area (Å²) in [5, 5.41) is 3.33. The van der Waals surface area contributed by atoms with Crippen LogP contribution in [0.2, 0.25) is 0 Å². The Morgan fingerprint density at radius 2 is 2.10 bits per heavy atom. The molecule has 1 fully saturated rings. The molecule has 0 unspecified atom stereocenters. The van der Waals surface area contributed by atoms with Crippen LogP contribution < -0.4 is 5.32 Å². The molecule has 1 N–H and O–H groups in total. The summed E-state index contributed by atoms with van der Waals surface area (Å²) < 4.78 is 5.32. The molecule has 0 radical (unpaired) electrons. The topological polar surface area (TPSA) is 21.3 Å². The predicted molar refractivity (Wildman–Crippen MR) is 42.0 cm³/mol. The fraction of sp³-hybridized carbons (Fsp3) is 1.00. The molecule has 0 saturated carbocycles. The highest BCUT2D eigenvalue weighted by atomic mass is 16.5. The van der Waals surface area contributed by atoms with Crippen molar-refractivity contribution in [1.29, 1.82) is 0 Å². The van der Waals surface area contributed by atoms with Crippen molar-refractivity contribution >= 4 is 0 Å². The molecule has 1 heterocycles. The third-order valence-corrected chi connectivity index (χ3v) is 2.36. The maximum Gasteiger partial charge on any atom is 0.0738 e. The minimum Gasteiger partial charge on any atom is -0.380 e. The Bertz CT molecular complexity index is 103. The van der Waals surface area contributed by atoms with Gasteiger partial charge in [0, 0.05) is 26.1 Å². The third kappa shape index (κ3) is 1.50. The molecule has 60 valence electrons. The molecule has 10 heavy (non-hydrogen) atoms. The minimum absolute atomic E-state index is 0.444. The highest BCUT2D eigenvalue weighted by Crippen LogP contribution is 2.20. The summed E-state index contributed by atoms with van der Waals surface area (Å²) >= 11 is 0. The van der Waals surface area contributed by atoms with Gasteiger partial charge >= 0.3 is 0 Å². The van der Waals surface area contributed by atoms with E-state index in [2.05, 4.69) is 19.2 Å². The van der Waals surface area contributed by atoms with Crippen molar-refractivity contribution in [2.75, 3.05) is 20.2 Å². The van der Waals surface area contributed by atoms with Crippen molar-refractivity contribution in [1.82, 2.24) is 5.32 Å². The zero-order valence-electron chi connectivity index (χ0n) is 7.05. The average molecular weight is 143 g/mol. The van der Waals surface area contributed by atoms with Crippen molar-refractivity contribution in [3.05, 3.63) is 0 Å². The first-order valence-corrected chi connectivity index (χ1v) is 3.99. The quantitative estimate of drug-likeness (QED) is 0.619. The van der Waals surface area contributed by atoms with E-state index < -0.39 is 0 Å². The van der Waals surface area contributed by atoms with Crippen LogP contribution in [0.15, 0.2) is 0 Å². The van der Waals surface area contributed by atoms with E-state index in [0.717, 1.165) is 19.0 Å². The Kier molecular flexibility index (Phi) is 2.69. The standard InChI is InChI=1S/C8H17NO/c1-6(2)7-4-9-5-8(7)10-3/h6-9H,4-5H2,1-3H3/t7-,8+/m1/s1. The van der Waals surface area contributed by atoms with E-state index in [9.17, 15) is 0 Å². The van der Waals surface area contributed by atoms with Crippen LogP contribution in [0, 0.1) is 11.8 Å². The molecule has 1 aliphatic rings. The lowest BCUT2D eigenvalue weighted by Gasteiger charge is -2.19. The zero-order chi connectivity index (χ0) is 7.56. The van der Waals surface area contributed by atoms with Gasteiger partial charge in [0.25, 0.3) is 0 Å². The van der Waals surface area contributed by atoms with E-state index in [0.29, 0.717) is 12.0 Å². The van der Waals surface area contributed by atoms with Crippen molar-refractivity contribution < 1.29 is 4.74 Å². The minimum atomic E-state index is 0.444. The van der Waals surface area contributed by atoms with Gasteiger partial charge in [0.2, 0.25) is 0 Å². The first-order chi connectivity index (χ1) is 4.75. The molecule has 1 aliphatic heterocycles. The van der Waals surface area contributed by atoms with Crippen molar-refractivity contribution in [3.63, 3.8) is 0 Å². The molecule has 0 amide bonds. The molecule has 1 rings (SSSR count). The van der Waals surface area contributed by atoms with Gasteiger partial charge in [0.1, 0.15) is 0 Å². The van der Waals surface area contributed by atoms with Crippen LogP contribution >= 0.6 is 0 Å². The summed E-state index contributed by atoms with van der Waals surface area (Å²) in [6.07, 6.45) is 0.444. The lowest BCUT2D eigenvalue weighted by molar-refractivity contribution is 0.0664. The number of methoxy groups -OCH3 is 1. The molecule has 2 nitrogen and oxygen atoms in total. The van der Waals surface area contributed by atoms with Crippen molar-refractivity contribution in [2.24, 2.45) is 11.8 Å². The molecular weight excluding hydrogens is 126 g/mol. The van der Waals surface area contributed by atoms with Gasteiger partial charge in [-0.05, 0) is 5.92 Å². The monoisotopic (exact) mass is 143 g/mol. The first-order valence-electron chi connectivity index (χ1n) is 3.99. The van der Waals surface area contributed by atoms with E-state index in [1.165, 1.54) is 0 Å². The number of nitrogens with one attached hydrogen (secondary N) is 1. The van der Waals surface area contributed by atoms with E-state index in [1.807, 2.05) is 0 Å². The van der Waals surface area contributed by atoms with Crippen LogP contribution in [0.3, 0.4) is 0 Å². The van der Waals surface area contributed by atoms with Crippen LogP contribution in [0.25, 0.3) is 0 Å². The summed E-state index contributed by atoms with van der Waals surface area (Å²) in [4.78, 5) is 0. The maximum absolute atomic E-state index is 5.32. The summed E-state index contributed by atoms with van der Waals surface area (Å²) in [7, 11) is 1.80. The summed E-state index contributed by atoms with van der Waals surface area (Å²) in [6, 6.07) is 0. The maximum atomic E-state index is 5.32. The van der Waals surface area contributed by atoms with Crippen LogP contribution in [0.4, 0.5) is 0 Å². The summed E-state index contributed by atoms with van der Waals surface area (Å²) in [5.74, 6) is 1.45. The third-order valence-electron chi connectivity index (χ3n) is 2.36. The molecule has 0 spiro atoms. The van der Waals surface area contributed by atoms with Gasteiger partial charge in [-0.25, -0.2) is 0 Å². The molecule has 2 atom stereocenters. The van der Waals surface area contributed by atoms with Gasteiger partial charge in [0.05, 0.1) is 6.10 Å². The van der Waals surface area contributed by atoms with Gasteiger partial charge in [-0.1, -0.05) is 13.8 Å². The lowest BCUT2D eigenvalue weighted by Crippen LogP contribution is -2.24. The fourth-order valence-electron chi connectivity index (χ4n) is 1.60. The molecule has 0 aromatic rings. The number of rotatable bonds is 2. The molecule has 1 saturated heterocycles. The Labute approximate surface area is 63.0 Å². The Balaban J connectivity index is 2.42. The van der Waals surface area contributed by atoms with Gasteiger partial charge in [-0.2, -0.15) is 0 Å². The molecule has 0 aromatic heterocycles. The van der Waals surface area contributed by atoms with Gasteiger partial charge in [-0.3, -0.25) is 0 Å². The van der Waals surface area contributed by atoms with Crippen molar-refractivity contribution in [3.8, 4) is 0 Å². The summed E-state index contributed by atoms with van der Waals surface area (Å²) in [6.45, 7) is 6.66. The van der Waals surface area contributed by atoms with Crippen LogP contribution in [0.1, 0.15) is 13.8 Å². The Morgan fingerprint density at radius 3 is 2.50 bits per heavy atom. The Hall–Kier alpha value is -0.0800. The summed E-state index contributed by atoms with van der Waals surface area (Å²) in [5.41, 5.74) is 0. The van der Waals surface area contributed by atoms with Gasteiger partial charge in [0.15, 0.2) is 0 Å². The zero-order valence-corrected chi connectivity index (χ0v) is 7.05. The second-order valence-corrected chi connectivity index (χ2v) is 3.34. The average Bonchev–Trinajstić information content (AvgIpc) is 2.33. The van der Waals surface area contributed by atoms with Crippen LogP contribution in [-0.2, 0) is 4.74 Å². The highest BCUT2D eigenvalue weighted by Gasteiger charge is 2.28. The molecule has 2 heteroatoms. The molecular formula is C8H17NO. The predicted octanol–water partition coefficient (Wildman–Crippen LogP) is 0.877. The first kappa shape index (κ1) is 8.02. The van der Waals surface area contributed by atoms with E-state index in [4.69, 9.17) is 4.74 Å². The van der Waals surface area contributed by atoms with Gasteiger partial charge < -0.3 is 10.1 Å². The van der Waals surface area contributed by atoms with Gasteiger partial charge in [-0.15, -0.1) is 0 Å². The van der Waals surface area contributed by atoms with E-state index in [-0.39, 0.29) is 0 Å². The fourth-order valence-corrected chi connectivity index (χ4v) is 1.60. The largest absolute Gasteiger partial charge is 0.380 e.